The largest absolute Gasteiger partial charge is 0.339 e. The summed E-state index contributed by atoms with van der Waals surface area (Å²) in [5.41, 5.74) is 0.307. The Morgan fingerprint density at radius 3 is 2.77 bits per heavy atom. The number of nitro benzene ring substituents is 1. The molecule has 2 heterocycles. The smallest absolute Gasteiger partial charge is 0.289 e. The number of aromatic nitrogens is 2. The quantitative estimate of drug-likeness (QED) is 0.433. The molecular formula is C20H19FN4O5S. The van der Waals surface area contributed by atoms with E-state index in [-0.39, 0.29) is 35.6 Å². The van der Waals surface area contributed by atoms with Gasteiger partial charge < -0.3 is 4.52 Å². The Hall–Kier alpha value is -3.18. The molecule has 0 amide bonds. The van der Waals surface area contributed by atoms with Crippen LogP contribution in [0, 0.1) is 22.9 Å². The summed E-state index contributed by atoms with van der Waals surface area (Å²) >= 11 is 0. The van der Waals surface area contributed by atoms with Crippen LogP contribution >= 0.6 is 0 Å². The average Bonchev–Trinajstić information content (AvgIpc) is 3.24. The number of piperidine rings is 1. The van der Waals surface area contributed by atoms with Crippen LogP contribution in [-0.4, -0.2) is 40.9 Å². The lowest BCUT2D eigenvalue weighted by Crippen LogP contribution is -2.39. The van der Waals surface area contributed by atoms with Crippen LogP contribution < -0.4 is 0 Å². The molecule has 4 rings (SSSR count). The summed E-state index contributed by atoms with van der Waals surface area (Å²) in [5, 5.41) is 15.3. The molecule has 1 saturated heterocycles. The Bertz CT molecular complexity index is 1240. The highest BCUT2D eigenvalue weighted by atomic mass is 32.2. The van der Waals surface area contributed by atoms with E-state index in [4.69, 9.17) is 4.52 Å². The summed E-state index contributed by atoms with van der Waals surface area (Å²) in [7, 11) is -4.11. The number of rotatable bonds is 5. The molecule has 9 nitrogen and oxygen atoms in total. The molecule has 1 aromatic heterocycles. The summed E-state index contributed by atoms with van der Waals surface area (Å²) < 4.78 is 46.6. The van der Waals surface area contributed by atoms with Gasteiger partial charge in [-0.25, -0.2) is 12.8 Å². The maximum atomic E-state index is 13.5. The molecule has 0 aliphatic carbocycles. The van der Waals surface area contributed by atoms with E-state index >= 15 is 0 Å². The molecule has 11 heteroatoms. The van der Waals surface area contributed by atoms with Crippen molar-refractivity contribution in [1.29, 1.82) is 0 Å². The lowest BCUT2D eigenvalue weighted by Gasteiger charge is -2.30. The van der Waals surface area contributed by atoms with Crippen molar-refractivity contribution < 1.29 is 22.3 Å². The van der Waals surface area contributed by atoms with E-state index in [9.17, 15) is 22.9 Å². The first-order valence-corrected chi connectivity index (χ1v) is 11.0. The topological polar surface area (TPSA) is 119 Å². The summed E-state index contributed by atoms with van der Waals surface area (Å²) in [6, 6.07) is 9.94. The van der Waals surface area contributed by atoms with Crippen LogP contribution in [0.3, 0.4) is 0 Å². The molecule has 0 spiro atoms. The fourth-order valence-corrected chi connectivity index (χ4v) is 5.64. The van der Waals surface area contributed by atoms with E-state index < -0.39 is 26.5 Å². The van der Waals surface area contributed by atoms with Crippen LogP contribution in [0.1, 0.15) is 30.2 Å². The monoisotopic (exact) mass is 446 g/mol. The van der Waals surface area contributed by atoms with Crippen molar-refractivity contribution >= 4 is 15.7 Å². The van der Waals surface area contributed by atoms with Gasteiger partial charge in [-0.15, -0.1) is 0 Å². The van der Waals surface area contributed by atoms with Crippen LogP contribution in [0.5, 0.6) is 0 Å². The second-order valence-corrected chi connectivity index (χ2v) is 9.22. The molecule has 1 aliphatic heterocycles. The number of hydrogen-bond acceptors (Lipinski definition) is 7. The molecule has 0 N–H and O–H groups in total. The summed E-state index contributed by atoms with van der Waals surface area (Å²) in [4.78, 5) is 14.7. The van der Waals surface area contributed by atoms with Crippen molar-refractivity contribution in [3.63, 3.8) is 0 Å². The molecule has 1 aliphatic rings. The van der Waals surface area contributed by atoms with Gasteiger partial charge in [0.05, 0.1) is 10.8 Å². The van der Waals surface area contributed by atoms with Crippen molar-refractivity contribution in [2.24, 2.45) is 0 Å². The first-order chi connectivity index (χ1) is 14.8. The average molecular weight is 446 g/mol. The number of sulfonamides is 1. The molecule has 0 radical (unpaired) electrons. The second kappa shape index (κ2) is 8.16. The third-order valence-corrected chi connectivity index (χ3v) is 7.30. The maximum absolute atomic E-state index is 13.5. The van der Waals surface area contributed by atoms with Gasteiger partial charge in [0.1, 0.15) is 5.82 Å². The van der Waals surface area contributed by atoms with E-state index in [0.717, 1.165) is 0 Å². The lowest BCUT2D eigenvalue weighted by molar-refractivity contribution is -0.387. The number of halogens is 1. The van der Waals surface area contributed by atoms with Crippen molar-refractivity contribution in [1.82, 2.24) is 14.4 Å². The van der Waals surface area contributed by atoms with Gasteiger partial charge in [0, 0.05) is 24.7 Å². The van der Waals surface area contributed by atoms with E-state index in [1.807, 2.05) is 0 Å². The van der Waals surface area contributed by atoms with Gasteiger partial charge in [-0.3, -0.25) is 10.1 Å². The Morgan fingerprint density at radius 1 is 1.26 bits per heavy atom. The Balaban J connectivity index is 1.62. The van der Waals surface area contributed by atoms with Gasteiger partial charge in [0.15, 0.2) is 4.90 Å². The van der Waals surface area contributed by atoms with Crippen molar-refractivity contribution in [3.05, 3.63) is 69.9 Å². The highest BCUT2D eigenvalue weighted by Crippen LogP contribution is 2.34. The maximum Gasteiger partial charge on any atom is 0.289 e. The van der Waals surface area contributed by atoms with Gasteiger partial charge >= 0.3 is 0 Å². The third-order valence-electron chi connectivity index (χ3n) is 5.24. The van der Waals surface area contributed by atoms with E-state index in [2.05, 4.69) is 10.1 Å². The third kappa shape index (κ3) is 4.06. The van der Waals surface area contributed by atoms with Crippen LogP contribution in [0.25, 0.3) is 11.4 Å². The Labute approximate surface area is 177 Å². The highest BCUT2D eigenvalue weighted by molar-refractivity contribution is 7.89. The SMILES string of the molecule is Cc1cccc([N+](=O)[O-])c1S(=O)(=O)N1CCCC(c2nc(-c3cccc(F)c3)no2)C1. The molecule has 1 unspecified atom stereocenters. The van der Waals surface area contributed by atoms with E-state index in [0.29, 0.717) is 24.0 Å². The summed E-state index contributed by atoms with van der Waals surface area (Å²) in [6.07, 6.45) is 1.15. The zero-order valence-electron chi connectivity index (χ0n) is 16.6. The van der Waals surface area contributed by atoms with Gasteiger partial charge in [0.2, 0.25) is 21.7 Å². The normalized spacial score (nSPS) is 17.5. The number of nitrogens with zero attached hydrogens (tertiary/aromatic N) is 4. The zero-order valence-corrected chi connectivity index (χ0v) is 17.4. The molecule has 162 valence electrons. The van der Waals surface area contributed by atoms with Gasteiger partial charge in [-0.05, 0) is 37.5 Å². The standard InChI is InChI=1S/C20H19FN4O5S/c1-13-5-2-9-17(25(26)27)18(13)31(28,29)24-10-4-7-15(12-24)20-22-19(23-30-20)14-6-3-8-16(21)11-14/h2-3,5-6,8-9,11,15H,4,7,10,12H2,1H3. The second-order valence-electron chi connectivity index (χ2n) is 7.35. The molecule has 2 aromatic carbocycles. The van der Waals surface area contributed by atoms with Crippen molar-refractivity contribution in [2.75, 3.05) is 13.1 Å². The fourth-order valence-electron chi connectivity index (χ4n) is 3.75. The van der Waals surface area contributed by atoms with E-state index in [1.54, 1.807) is 6.07 Å². The lowest BCUT2D eigenvalue weighted by atomic mass is 10.00. The first-order valence-electron chi connectivity index (χ1n) is 9.61. The molecule has 0 saturated carbocycles. The van der Waals surface area contributed by atoms with Crippen LogP contribution in [0.15, 0.2) is 51.9 Å². The van der Waals surface area contributed by atoms with Crippen molar-refractivity contribution in [2.45, 2.75) is 30.6 Å². The molecule has 3 aromatic rings. The van der Waals surface area contributed by atoms with Crippen LogP contribution in [0.2, 0.25) is 0 Å². The van der Waals surface area contributed by atoms with Gasteiger partial charge in [0.25, 0.3) is 5.69 Å². The first kappa shape index (κ1) is 21.1. The van der Waals surface area contributed by atoms with E-state index in [1.165, 1.54) is 47.6 Å². The molecule has 0 bridgehead atoms. The molecule has 1 atom stereocenters. The fraction of sp³-hybridized carbons (Fsp3) is 0.300. The van der Waals surface area contributed by atoms with Gasteiger partial charge in [-0.2, -0.15) is 9.29 Å². The summed E-state index contributed by atoms with van der Waals surface area (Å²) in [6.45, 7) is 1.82. The predicted octanol–water partition coefficient (Wildman–Crippen LogP) is 3.66. The predicted molar refractivity (Wildman–Crippen MR) is 108 cm³/mol. The minimum absolute atomic E-state index is 0.0542. The summed E-state index contributed by atoms with van der Waals surface area (Å²) in [5.74, 6) is -0.345. The highest BCUT2D eigenvalue weighted by Gasteiger charge is 2.37. The minimum Gasteiger partial charge on any atom is -0.339 e. The van der Waals surface area contributed by atoms with Crippen LogP contribution in [-0.2, 0) is 10.0 Å². The molecular weight excluding hydrogens is 427 g/mol. The zero-order chi connectivity index (χ0) is 22.2. The van der Waals surface area contributed by atoms with Crippen LogP contribution in [0.4, 0.5) is 10.1 Å². The minimum atomic E-state index is -4.11. The number of aryl methyl sites for hydroxylation is 1. The number of hydrogen-bond donors (Lipinski definition) is 0. The number of nitro groups is 1. The van der Waals surface area contributed by atoms with Crippen molar-refractivity contribution in [3.8, 4) is 11.4 Å². The van der Waals surface area contributed by atoms with Gasteiger partial charge in [-0.1, -0.05) is 29.4 Å². The Morgan fingerprint density at radius 2 is 2.03 bits per heavy atom. The Kier molecular flexibility index (Phi) is 5.54. The molecule has 1 fully saturated rings. The number of benzene rings is 2. The molecule has 31 heavy (non-hydrogen) atoms.